The fraction of sp³-hybridized carbons (Fsp3) is 0.286. The summed E-state index contributed by atoms with van der Waals surface area (Å²) in [5.74, 6) is 2.45. The maximum absolute atomic E-state index is 12.9. The Morgan fingerprint density at radius 2 is 1.93 bits per heavy atom. The second kappa shape index (κ2) is 7.72. The summed E-state index contributed by atoms with van der Waals surface area (Å²) < 4.78 is 15.8. The van der Waals surface area contributed by atoms with Gasteiger partial charge in [0.25, 0.3) is 5.91 Å². The average molecular weight is 379 g/mol. The van der Waals surface area contributed by atoms with Crippen LogP contribution in [0.5, 0.6) is 11.5 Å². The van der Waals surface area contributed by atoms with E-state index in [9.17, 15) is 4.79 Å². The van der Waals surface area contributed by atoms with Crippen molar-refractivity contribution in [1.82, 2.24) is 15.0 Å². The van der Waals surface area contributed by atoms with E-state index < -0.39 is 0 Å². The third-order valence-electron chi connectivity index (χ3n) is 4.75. The SMILES string of the molecule is COc1ccc2c(c1)CN(C(=O)c1ccc(OCc3noc(C)n3)cc1)CC2. The molecule has 2 aromatic carbocycles. The summed E-state index contributed by atoms with van der Waals surface area (Å²) in [6.07, 6.45) is 0.844. The molecule has 0 aliphatic carbocycles. The molecule has 1 aliphatic rings. The Morgan fingerprint density at radius 1 is 1.14 bits per heavy atom. The predicted octanol–water partition coefficient (Wildman–Crippen LogP) is 3.16. The van der Waals surface area contributed by atoms with E-state index in [2.05, 4.69) is 16.2 Å². The minimum Gasteiger partial charge on any atom is -0.497 e. The van der Waals surface area contributed by atoms with Gasteiger partial charge in [0.05, 0.1) is 7.11 Å². The molecular formula is C21H21N3O4. The first-order valence-corrected chi connectivity index (χ1v) is 9.09. The summed E-state index contributed by atoms with van der Waals surface area (Å²) in [4.78, 5) is 18.8. The van der Waals surface area contributed by atoms with Crippen LogP contribution < -0.4 is 9.47 Å². The van der Waals surface area contributed by atoms with Gasteiger partial charge in [-0.2, -0.15) is 4.98 Å². The van der Waals surface area contributed by atoms with Crippen LogP contribution in [0.4, 0.5) is 0 Å². The largest absolute Gasteiger partial charge is 0.497 e. The van der Waals surface area contributed by atoms with Gasteiger partial charge >= 0.3 is 0 Å². The van der Waals surface area contributed by atoms with Crippen molar-refractivity contribution < 1.29 is 18.8 Å². The first-order chi connectivity index (χ1) is 13.6. The predicted molar refractivity (Wildman–Crippen MR) is 101 cm³/mol. The van der Waals surface area contributed by atoms with Gasteiger partial charge in [-0.1, -0.05) is 11.2 Å². The van der Waals surface area contributed by atoms with Gasteiger partial charge in [-0.3, -0.25) is 4.79 Å². The molecule has 0 saturated carbocycles. The smallest absolute Gasteiger partial charge is 0.254 e. The maximum atomic E-state index is 12.9. The highest BCUT2D eigenvalue weighted by molar-refractivity contribution is 5.94. The van der Waals surface area contributed by atoms with E-state index in [1.165, 1.54) is 5.56 Å². The lowest BCUT2D eigenvalue weighted by molar-refractivity contribution is 0.0734. The van der Waals surface area contributed by atoms with Crippen molar-refractivity contribution in [3.63, 3.8) is 0 Å². The highest BCUT2D eigenvalue weighted by Gasteiger charge is 2.22. The molecule has 28 heavy (non-hydrogen) atoms. The Labute approximate surface area is 162 Å². The van der Waals surface area contributed by atoms with Crippen molar-refractivity contribution in [3.8, 4) is 11.5 Å². The van der Waals surface area contributed by atoms with Crippen molar-refractivity contribution in [3.05, 3.63) is 70.9 Å². The zero-order valence-electron chi connectivity index (χ0n) is 15.8. The summed E-state index contributed by atoms with van der Waals surface area (Å²) in [5.41, 5.74) is 3.04. The Hall–Kier alpha value is -3.35. The first-order valence-electron chi connectivity index (χ1n) is 9.09. The van der Waals surface area contributed by atoms with E-state index in [4.69, 9.17) is 14.0 Å². The van der Waals surface area contributed by atoms with Crippen molar-refractivity contribution in [1.29, 1.82) is 0 Å². The Kier molecular flexibility index (Phi) is 4.97. The molecule has 7 nitrogen and oxygen atoms in total. The van der Waals surface area contributed by atoms with Gasteiger partial charge in [-0.05, 0) is 53.9 Å². The lowest BCUT2D eigenvalue weighted by Crippen LogP contribution is -2.35. The number of benzene rings is 2. The zero-order valence-corrected chi connectivity index (χ0v) is 15.8. The van der Waals surface area contributed by atoms with Gasteiger partial charge in [-0.15, -0.1) is 0 Å². The summed E-state index contributed by atoms with van der Waals surface area (Å²) in [6.45, 7) is 3.23. The number of aromatic nitrogens is 2. The van der Waals surface area contributed by atoms with Crippen LogP contribution in [0, 0.1) is 6.92 Å². The van der Waals surface area contributed by atoms with E-state index in [-0.39, 0.29) is 12.5 Å². The zero-order chi connectivity index (χ0) is 19.5. The second-order valence-electron chi connectivity index (χ2n) is 6.65. The molecule has 0 unspecified atom stereocenters. The number of hydrogen-bond donors (Lipinski definition) is 0. The average Bonchev–Trinajstić information content (AvgIpc) is 3.16. The molecule has 3 aromatic rings. The second-order valence-corrected chi connectivity index (χ2v) is 6.65. The Balaban J connectivity index is 1.40. The summed E-state index contributed by atoms with van der Waals surface area (Å²) in [5, 5.41) is 3.79. The van der Waals surface area contributed by atoms with Gasteiger partial charge in [0, 0.05) is 25.6 Å². The molecule has 1 amide bonds. The highest BCUT2D eigenvalue weighted by Crippen LogP contribution is 2.25. The van der Waals surface area contributed by atoms with Crippen LogP contribution in [-0.2, 0) is 19.6 Å². The molecule has 0 fully saturated rings. The number of carbonyl (C=O) groups is 1. The molecule has 2 heterocycles. The van der Waals surface area contributed by atoms with Crippen LogP contribution in [-0.4, -0.2) is 34.6 Å². The van der Waals surface area contributed by atoms with Crippen LogP contribution in [0.2, 0.25) is 0 Å². The number of aryl methyl sites for hydroxylation is 1. The summed E-state index contributed by atoms with van der Waals surface area (Å²) >= 11 is 0. The third kappa shape index (κ3) is 3.83. The van der Waals surface area contributed by atoms with Gasteiger partial charge in [0.2, 0.25) is 11.7 Å². The van der Waals surface area contributed by atoms with E-state index >= 15 is 0 Å². The number of hydrogen-bond acceptors (Lipinski definition) is 6. The van der Waals surface area contributed by atoms with Crippen molar-refractivity contribution in [2.45, 2.75) is 26.5 Å². The number of methoxy groups -OCH3 is 1. The van der Waals surface area contributed by atoms with E-state index in [0.717, 1.165) is 17.7 Å². The molecule has 1 aromatic heterocycles. The lowest BCUT2D eigenvalue weighted by Gasteiger charge is -2.29. The normalized spacial score (nSPS) is 13.1. The molecule has 0 N–H and O–H groups in total. The standard InChI is InChI=1S/C21H21N3O4/c1-14-22-20(23-28-14)13-27-18-6-4-16(5-7-18)21(25)24-10-9-15-3-8-19(26-2)11-17(15)12-24/h3-8,11H,9-10,12-13H2,1-2H3. The number of nitrogens with zero attached hydrogens (tertiary/aromatic N) is 3. The summed E-state index contributed by atoms with van der Waals surface area (Å²) in [6, 6.07) is 13.2. The minimum absolute atomic E-state index is 0.00816. The number of carbonyl (C=O) groups excluding carboxylic acids is 1. The van der Waals surface area contributed by atoms with E-state index in [1.54, 1.807) is 38.3 Å². The lowest BCUT2D eigenvalue weighted by atomic mass is 9.99. The Morgan fingerprint density at radius 3 is 2.64 bits per heavy atom. The highest BCUT2D eigenvalue weighted by atomic mass is 16.5. The topological polar surface area (TPSA) is 77.7 Å². The molecule has 7 heteroatoms. The molecule has 0 atom stereocenters. The number of amides is 1. The fourth-order valence-electron chi connectivity index (χ4n) is 3.26. The number of fused-ring (bicyclic) bond motifs is 1. The molecule has 0 radical (unpaired) electrons. The van der Waals surface area contributed by atoms with E-state index in [1.807, 2.05) is 17.0 Å². The van der Waals surface area contributed by atoms with Crippen LogP contribution >= 0.6 is 0 Å². The molecular weight excluding hydrogens is 358 g/mol. The first kappa shape index (κ1) is 18.0. The van der Waals surface area contributed by atoms with Crippen LogP contribution in [0.3, 0.4) is 0 Å². The monoisotopic (exact) mass is 379 g/mol. The van der Waals surface area contributed by atoms with Crippen molar-refractivity contribution in [2.75, 3.05) is 13.7 Å². The molecule has 144 valence electrons. The third-order valence-corrected chi connectivity index (χ3v) is 4.75. The van der Waals surface area contributed by atoms with E-state index in [0.29, 0.717) is 36.1 Å². The molecule has 0 saturated heterocycles. The molecule has 4 rings (SSSR count). The van der Waals surface area contributed by atoms with Gasteiger partial charge in [-0.25, -0.2) is 0 Å². The molecule has 0 bridgehead atoms. The van der Waals surface area contributed by atoms with Crippen LogP contribution in [0.15, 0.2) is 47.0 Å². The maximum Gasteiger partial charge on any atom is 0.254 e. The Bertz CT molecular complexity index is 982. The van der Waals surface area contributed by atoms with Crippen LogP contribution in [0.1, 0.15) is 33.2 Å². The van der Waals surface area contributed by atoms with Gasteiger partial charge < -0.3 is 18.9 Å². The van der Waals surface area contributed by atoms with Gasteiger partial charge in [0.1, 0.15) is 11.5 Å². The number of rotatable bonds is 5. The fourth-order valence-corrected chi connectivity index (χ4v) is 3.26. The molecule has 0 spiro atoms. The number of ether oxygens (including phenoxy) is 2. The minimum atomic E-state index is 0.00816. The van der Waals surface area contributed by atoms with Crippen molar-refractivity contribution in [2.24, 2.45) is 0 Å². The van der Waals surface area contributed by atoms with Crippen molar-refractivity contribution >= 4 is 5.91 Å². The van der Waals surface area contributed by atoms with Gasteiger partial charge in [0.15, 0.2) is 6.61 Å². The van der Waals surface area contributed by atoms with Crippen LogP contribution in [0.25, 0.3) is 0 Å². The molecule has 1 aliphatic heterocycles. The quantitative estimate of drug-likeness (QED) is 0.678. The summed E-state index contributed by atoms with van der Waals surface area (Å²) in [7, 11) is 1.65.